The molecule has 1 fully saturated rings. The van der Waals surface area contributed by atoms with Gasteiger partial charge in [-0.15, -0.1) is 0 Å². The number of likely N-dealkylation sites (tertiary alicyclic amines) is 1. The van der Waals surface area contributed by atoms with Crippen molar-refractivity contribution in [1.29, 1.82) is 5.41 Å². The summed E-state index contributed by atoms with van der Waals surface area (Å²) in [7, 11) is -1.47. The molecule has 0 aromatic heterocycles. The van der Waals surface area contributed by atoms with E-state index in [0.29, 0.717) is 31.7 Å². The fourth-order valence-corrected chi connectivity index (χ4v) is 5.22. The van der Waals surface area contributed by atoms with Gasteiger partial charge in [0.15, 0.2) is 11.5 Å². The lowest BCUT2D eigenvalue weighted by atomic mass is 9.87. The second-order valence-electron chi connectivity index (χ2n) is 7.58. The average Bonchev–Trinajstić information content (AvgIpc) is 2.78. The number of aryl methyl sites for hydroxylation is 1. The van der Waals surface area contributed by atoms with Crippen molar-refractivity contribution in [3.8, 4) is 11.5 Å². The van der Waals surface area contributed by atoms with E-state index in [0.717, 1.165) is 11.1 Å². The molecular weight excluding hydrogens is 470 g/mol. The van der Waals surface area contributed by atoms with Crippen LogP contribution in [0.4, 0.5) is 4.79 Å². The molecule has 178 valence electrons. The van der Waals surface area contributed by atoms with Gasteiger partial charge in [0.2, 0.25) is 5.96 Å². The van der Waals surface area contributed by atoms with E-state index < -0.39 is 16.2 Å². The van der Waals surface area contributed by atoms with E-state index in [-0.39, 0.29) is 27.5 Å². The van der Waals surface area contributed by atoms with E-state index in [1.165, 1.54) is 26.4 Å². The zero-order valence-corrected chi connectivity index (χ0v) is 20.1. The van der Waals surface area contributed by atoms with Crippen LogP contribution in [0.3, 0.4) is 0 Å². The first kappa shape index (κ1) is 24.7. The van der Waals surface area contributed by atoms with Crippen LogP contribution >= 0.6 is 11.6 Å². The molecule has 0 spiro atoms. The molecule has 33 heavy (non-hydrogen) atoms. The predicted octanol–water partition coefficient (Wildman–Crippen LogP) is 3.89. The van der Waals surface area contributed by atoms with Crippen LogP contribution < -0.4 is 14.2 Å². The highest BCUT2D eigenvalue weighted by molar-refractivity contribution is 7.87. The number of piperidine rings is 1. The Labute approximate surface area is 198 Å². The Morgan fingerprint density at radius 3 is 2.45 bits per heavy atom. The number of hydrogen-bond acceptors (Lipinski definition) is 7. The summed E-state index contributed by atoms with van der Waals surface area (Å²) < 4.78 is 41.4. The van der Waals surface area contributed by atoms with Gasteiger partial charge in [-0.05, 0) is 49.4 Å². The minimum atomic E-state index is -4.18. The zero-order valence-electron chi connectivity index (χ0n) is 18.6. The Morgan fingerprint density at radius 1 is 1.18 bits per heavy atom. The molecule has 0 unspecified atom stereocenters. The minimum absolute atomic E-state index is 0.0219. The summed E-state index contributed by atoms with van der Waals surface area (Å²) in [6, 6.07) is 9.64. The summed E-state index contributed by atoms with van der Waals surface area (Å²) in [5.41, 5.74) is 1.65. The molecule has 2 N–H and O–H groups in total. The van der Waals surface area contributed by atoms with Gasteiger partial charge < -0.3 is 18.6 Å². The maximum atomic E-state index is 12.9. The normalized spacial score (nSPS) is 14.5. The summed E-state index contributed by atoms with van der Waals surface area (Å²) in [6.45, 7) is 2.90. The number of guanidine groups is 1. The second-order valence-corrected chi connectivity index (χ2v) is 9.50. The van der Waals surface area contributed by atoms with Crippen molar-refractivity contribution in [2.24, 2.45) is 0 Å². The fraction of sp³-hybridized carbons (Fsp3) is 0.364. The number of carbonyl (C=O) groups is 1. The third kappa shape index (κ3) is 5.69. The summed E-state index contributed by atoms with van der Waals surface area (Å²) in [6.07, 6.45) is 0.646. The van der Waals surface area contributed by atoms with Crippen molar-refractivity contribution in [2.45, 2.75) is 30.6 Å². The standard InChI is InChI=1S/C22H26ClN3O6S/c1-14-12-16(15-8-10-26(11-9-15)21(24)25-22(27)31-3)20(30-2)18(13-14)32-33(28,29)19-7-5-4-6-17(19)23/h4-7,12-13,15H,8-11H2,1-3H3,(H2,24,25,27). The molecular formula is C22H26ClN3O6S. The summed E-state index contributed by atoms with van der Waals surface area (Å²) in [5, 5.41) is 10.5. The van der Waals surface area contributed by atoms with E-state index in [1.807, 2.05) is 13.0 Å². The second kappa shape index (κ2) is 10.3. The van der Waals surface area contributed by atoms with Crippen molar-refractivity contribution in [3.05, 3.63) is 52.5 Å². The number of hydrogen-bond donors (Lipinski definition) is 2. The number of methoxy groups -OCH3 is 2. The third-order valence-corrected chi connectivity index (χ3v) is 7.13. The maximum absolute atomic E-state index is 12.9. The van der Waals surface area contributed by atoms with E-state index >= 15 is 0 Å². The number of amides is 1. The molecule has 0 saturated carbocycles. The molecule has 0 bridgehead atoms. The molecule has 11 heteroatoms. The van der Waals surface area contributed by atoms with Gasteiger partial charge in [0.05, 0.1) is 19.2 Å². The van der Waals surface area contributed by atoms with Crippen LogP contribution in [0.25, 0.3) is 0 Å². The van der Waals surface area contributed by atoms with Gasteiger partial charge >= 0.3 is 16.2 Å². The first-order chi connectivity index (χ1) is 15.7. The zero-order chi connectivity index (χ0) is 24.2. The van der Waals surface area contributed by atoms with Crippen LogP contribution in [0.15, 0.2) is 41.3 Å². The fourth-order valence-electron chi connectivity index (χ4n) is 3.80. The van der Waals surface area contributed by atoms with Crippen LogP contribution in [-0.2, 0) is 14.9 Å². The van der Waals surface area contributed by atoms with Crippen molar-refractivity contribution >= 4 is 33.8 Å². The molecule has 0 aliphatic carbocycles. The molecule has 2 aromatic rings. The lowest BCUT2D eigenvalue weighted by Crippen LogP contribution is -2.46. The molecule has 2 aromatic carbocycles. The van der Waals surface area contributed by atoms with Crippen LogP contribution in [0.5, 0.6) is 11.5 Å². The Bertz CT molecular complexity index is 1150. The van der Waals surface area contributed by atoms with Crippen LogP contribution in [0.1, 0.15) is 29.9 Å². The Kier molecular flexibility index (Phi) is 7.70. The number of rotatable bonds is 5. The summed E-state index contributed by atoms with van der Waals surface area (Å²) in [5.74, 6) is 0.464. The van der Waals surface area contributed by atoms with Gasteiger partial charge in [0.25, 0.3) is 0 Å². The summed E-state index contributed by atoms with van der Waals surface area (Å²) >= 11 is 6.07. The van der Waals surface area contributed by atoms with Gasteiger partial charge in [-0.25, -0.2) is 4.79 Å². The monoisotopic (exact) mass is 495 g/mol. The van der Waals surface area contributed by atoms with Crippen molar-refractivity contribution < 1.29 is 26.9 Å². The topological polar surface area (TPSA) is 118 Å². The number of ether oxygens (including phenoxy) is 2. The quantitative estimate of drug-likeness (QED) is 0.367. The molecule has 3 rings (SSSR count). The molecule has 0 atom stereocenters. The van der Waals surface area contributed by atoms with Gasteiger partial charge in [-0.2, -0.15) is 8.42 Å². The highest BCUT2D eigenvalue weighted by Gasteiger charge is 2.29. The predicted molar refractivity (Wildman–Crippen MR) is 124 cm³/mol. The van der Waals surface area contributed by atoms with E-state index in [1.54, 1.807) is 23.1 Å². The smallest absolute Gasteiger partial charge is 0.413 e. The molecule has 1 saturated heterocycles. The van der Waals surface area contributed by atoms with E-state index in [9.17, 15) is 13.2 Å². The van der Waals surface area contributed by atoms with Gasteiger partial charge in [0, 0.05) is 18.7 Å². The van der Waals surface area contributed by atoms with Gasteiger partial charge in [-0.3, -0.25) is 10.7 Å². The molecule has 0 radical (unpaired) electrons. The van der Waals surface area contributed by atoms with Crippen molar-refractivity contribution in [3.63, 3.8) is 0 Å². The highest BCUT2D eigenvalue weighted by Crippen LogP contribution is 2.42. The Hall–Kier alpha value is -2.98. The highest BCUT2D eigenvalue weighted by atomic mass is 35.5. The number of alkyl carbamates (subject to hydrolysis) is 1. The van der Waals surface area contributed by atoms with E-state index in [4.69, 9.17) is 25.9 Å². The Balaban J connectivity index is 1.83. The molecule has 1 aliphatic heterocycles. The van der Waals surface area contributed by atoms with Crippen molar-refractivity contribution in [2.75, 3.05) is 27.3 Å². The first-order valence-electron chi connectivity index (χ1n) is 10.2. The first-order valence-corrected chi connectivity index (χ1v) is 12.0. The SMILES string of the molecule is COC(=O)NC(=N)N1CCC(c2cc(C)cc(OS(=O)(=O)c3ccccc3Cl)c2OC)CC1. The molecule has 1 amide bonds. The van der Waals surface area contributed by atoms with Crippen LogP contribution in [-0.4, -0.2) is 52.7 Å². The van der Waals surface area contributed by atoms with Crippen LogP contribution in [0, 0.1) is 12.3 Å². The minimum Gasteiger partial charge on any atom is -0.492 e. The van der Waals surface area contributed by atoms with Gasteiger partial charge in [-0.1, -0.05) is 29.8 Å². The van der Waals surface area contributed by atoms with Crippen molar-refractivity contribution in [1.82, 2.24) is 10.2 Å². The summed E-state index contributed by atoms with van der Waals surface area (Å²) in [4.78, 5) is 13.0. The van der Waals surface area contributed by atoms with E-state index in [2.05, 4.69) is 10.1 Å². The lowest BCUT2D eigenvalue weighted by molar-refractivity contribution is 0.174. The third-order valence-electron chi connectivity index (χ3n) is 5.39. The number of benzene rings is 2. The largest absolute Gasteiger partial charge is 0.492 e. The number of halogens is 1. The Morgan fingerprint density at radius 2 is 1.85 bits per heavy atom. The van der Waals surface area contributed by atoms with Crippen LogP contribution in [0.2, 0.25) is 5.02 Å². The van der Waals surface area contributed by atoms with Gasteiger partial charge in [0.1, 0.15) is 4.90 Å². The number of nitrogens with zero attached hydrogens (tertiary/aromatic N) is 1. The molecule has 9 nitrogen and oxygen atoms in total. The molecule has 1 heterocycles. The average molecular weight is 496 g/mol. The molecule has 1 aliphatic rings. The maximum Gasteiger partial charge on any atom is 0.413 e. The number of carbonyl (C=O) groups excluding carboxylic acids is 1. The number of nitrogens with one attached hydrogen (secondary N) is 2. The lowest BCUT2D eigenvalue weighted by Gasteiger charge is -2.34.